The molecule has 2 aromatic heterocycles. The van der Waals surface area contributed by atoms with E-state index in [0.717, 1.165) is 16.3 Å². The van der Waals surface area contributed by atoms with Gasteiger partial charge in [-0.3, -0.25) is 5.10 Å². The second kappa shape index (κ2) is 5.54. The van der Waals surface area contributed by atoms with E-state index in [1.165, 1.54) is 23.9 Å². The van der Waals surface area contributed by atoms with Crippen LogP contribution in [0.15, 0.2) is 46.9 Å². The second-order valence-electron chi connectivity index (χ2n) is 3.86. The highest BCUT2D eigenvalue weighted by Gasteiger charge is 2.07. The fraction of sp³-hybridized carbons (Fsp3) is 0.0769. The fourth-order valence-electron chi connectivity index (χ4n) is 1.61. The lowest BCUT2D eigenvalue weighted by Crippen LogP contribution is -1.83. The molecule has 3 rings (SSSR count). The summed E-state index contributed by atoms with van der Waals surface area (Å²) in [6.45, 7) is 0. The van der Waals surface area contributed by atoms with Crippen LogP contribution in [0.1, 0.15) is 5.56 Å². The van der Waals surface area contributed by atoms with Crippen molar-refractivity contribution in [1.82, 2.24) is 15.2 Å². The van der Waals surface area contributed by atoms with Gasteiger partial charge in [-0.05, 0) is 29.1 Å². The Morgan fingerprint density at radius 2 is 2.21 bits per heavy atom. The standard InChI is InChI=1S/C13H10FN3S2/c14-10-4-1-3-9(7-10)8-19-13-15-12(16-17-13)11-5-2-6-18-11/h1-7H,8H2,(H,15,16,17). The Labute approximate surface area is 117 Å². The summed E-state index contributed by atoms with van der Waals surface area (Å²) in [6.07, 6.45) is 0. The van der Waals surface area contributed by atoms with E-state index in [4.69, 9.17) is 0 Å². The zero-order valence-electron chi connectivity index (χ0n) is 9.84. The summed E-state index contributed by atoms with van der Waals surface area (Å²) in [5, 5.41) is 9.73. The van der Waals surface area contributed by atoms with Gasteiger partial charge in [-0.1, -0.05) is 30.0 Å². The molecule has 0 spiro atoms. The molecule has 3 aromatic rings. The van der Waals surface area contributed by atoms with E-state index in [0.29, 0.717) is 10.9 Å². The van der Waals surface area contributed by atoms with Gasteiger partial charge in [0.05, 0.1) is 4.88 Å². The molecular formula is C13H10FN3S2. The van der Waals surface area contributed by atoms with Crippen LogP contribution in [-0.2, 0) is 5.75 Å². The minimum absolute atomic E-state index is 0.215. The lowest BCUT2D eigenvalue weighted by molar-refractivity contribution is 0.626. The van der Waals surface area contributed by atoms with E-state index >= 15 is 0 Å². The number of aromatic nitrogens is 3. The van der Waals surface area contributed by atoms with Gasteiger partial charge >= 0.3 is 0 Å². The Morgan fingerprint density at radius 3 is 3.00 bits per heavy atom. The summed E-state index contributed by atoms with van der Waals surface area (Å²) >= 11 is 3.10. The quantitative estimate of drug-likeness (QED) is 0.740. The van der Waals surface area contributed by atoms with E-state index in [2.05, 4.69) is 15.2 Å². The molecule has 1 N–H and O–H groups in total. The number of hydrogen-bond donors (Lipinski definition) is 1. The third-order valence-electron chi connectivity index (χ3n) is 2.48. The van der Waals surface area contributed by atoms with Crippen LogP contribution in [0.25, 0.3) is 10.7 Å². The number of aromatic amines is 1. The van der Waals surface area contributed by atoms with Gasteiger partial charge in [-0.15, -0.1) is 16.4 Å². The highest BCUT2D eigenvalue weighted by Crippen LogP contribution is 2.24. The first-order valence-corrected chi connectivity index (χ1v) is 7.51. The largest absolute Gasteiger partial charge is 0.257 e. The number of nitrogens with one attached hydrogen (secondary N) is 1. The normalized spacial score (nSPS) is 10.8. The Bertz CT molecular complexity index is 664. The smallest absolute Gasteiger partial charge is 0.209 e. The summed E-state index contributed by atoms with van der Waals surface area (Å²) in [5.41, 5.74) is 0.924. The van der Waals surface area contributed by atoms with Gasteiger partial charge in [0.15, 0.2) is 5.82 Å². The van der Waals surface area contributed by atoms with Crippen molar-refractivity contribution in [3.8, 4) is 10.7 Å². The number of rotatable bonds is 4. The number of H-pyrrole nitrogens is 1. The van der Waals surface area contributed by atoms with Crippen molar-refractivity contribution in [2.24, 2.45) is 0 Å². The Balaban J connectivity index is 1.68. The molecule has 19 heavy (non-hydrogen) atoms. The number of hydrogen-bond acceptors (Lipinski definition) is 4. The molecule has 0 unspecified atom stereocenters. The number of benzene rings is 1. The fourth-order valence-corrected chi connectivity index (χ4v) is 3.01. The molecule has 0 fully saturated rings. The van der Waals surface area contributed by atoms with E-state index in [9.17, 15) is 4.39 Å². The SMILES string of the molecule is Fc1cccc(CSc2n[nH]c(-c3cccs3)n2)c1. The maximum Gasteiger partial charge on any atom is 0.209 e. The molecule has 0 saturated heterocycles. The van der Waals surface area contributed by atoms with E-state index in [1.807, 2.05) is 23.6 Å². The Hall–Kier alpha value is -1.66. The summed E-state index contributed by atoms with van der Waals surface area (Å²) in [6, 6.07) is 10.5. The molecule has 2 heterocycles. The zero-order valence-corrected chi connectivity index (χ0v) is 11.5. The molecule has 0 amide bonds. The molecule has 0 aliphatic heterocycles. The monoisotopic (exact) mass is 291 g/mol. The molecule has 0 aliphatic rings. The third-order valence-corrected chi connectivity index (χ3v) is 4.27. The van der Waals surface area contributed by atoms with Crippen LogP contribution in [0.3, 0.4) is 0 Å². The van der Waals surface area contributed by atoms with Gasteiger partial charge < -0.3 is 0 Å². The Morgan fingerprint density at radius 1 is 1.26 bits per heavy atom. The van der Waals surface area contributed by atoms with Crippen molar-refractivity contribution in [3.05, 3.63) is 53.2 Å². The molecule has 0 radical (unpaired) electrons. The second-order valence-corrected chi connectivity index (χ2v) is 5.75. The number of nitrogens with zero attached hydrogens (tertiary/aromatic N) is 2. The summed E-state index contributed by atoms with van der Waals surface area (Å²) in [4.78, 5) is 5.46. The van der Waals surface area contributed by atoms with Crippen molar-refractivity contribution in [3.63, 3.8) is 0 Å². The first-order chi connectivity index (χ1) is 9.31. The lowest BCUT2D eigenvalue weighted by atomic mass is 10.2. The maximum absolute atomic E-state index is 13.0. The third kappa shape index (κ3) is 3.02. The predicted molar refractivity (Wildman–Crippen MR) is 75.7 cm³/mol. The molecule has 0 saturated carbocycles. The maximum atomic E-state index is 13.0. The summed E-state index contributed by atoms with van der Waals surface area (Å²) in [5.74, 6) is 1.21. The van der Waals surface area contributed by atoms with Crippen LogP contribution >= 0.6 is 23.1 Å². The first-order valence-electron chi connectivity index (χ1n) is 5.65. The van der Waals surface area contributed by atoms with Gasteiger partial charge in [0.2, 0.25) is 5.16 Å². The van der Waals surface area contributed by atoms with Gasteiger partial charge in [-0.2, -0.15) is 0 Å². The summed E-state index contributed by atoms with van der Waals surface area (Å²) < 4.78 is 13.0. The van der Waals surface area contributed by atoms with Gasteiger partial charge in [0.1, 0.15) is 5.82 Å². The number of halogens is 1. The van der Waals surface area contributed by atoms with E-state index < -0.39 is 0 Å². The lowest BCUT2D eigenvalue weighted by Gasteiger charge is -1.97. The van der Waals surface area contributed by atoms with Gasteiger partial charge in [0, 0.05) is 5.75 Å². The van der Waals surface area contributed by atoms with Crippen LogP contribution in [0.5, 0.6) is 0 Å². The molecule has 96 valence electrons. The topological polar surface area (TPSA) is 41.6 Å². The minimum Gasteiger partial charge on any atom is -0.257 e. The number of thiophene rings is 1. The van der Waals surface area contributed by atoms with E-state index in [-0.39, 0.29) is 5.82 Å². The highest BCUT2D eigenvalue weighted by molar-refractivity contribution is 7.98. The van der Waals surface area contributed by atoms with E-state index in [1.54, 1.807) is 17.4 Å². The van der Waals surface area contributed by atoms with Crippen molar-refractivity contribution in [2.45, 2.75) is 10.9 Å². The molecule has 0 bridgehead atoms. The molecule has 3 nitrogen and oxygen atoms in total. The first kappa shape index (κ1) is 12.4. The molecule has 0 atom stereocenters. The number of thioether (sulfide) groups is 1. The van der Waals surface area contributed by atoms with Crippen molar-refractivity contribution >= 4 is 23.1 Å². The van der Waals surface area contributed by atoms with Gasteiger partial charge in [-0.25, -0.2) is 9.37 Å². The molecule has 6 heteroatoms. The van der Waals surface area contributed by atoms with Crippen molar-refractivity contribution in [2.75, 3.05) is 0 Å². The van der Waals surface area contributed by atoms with Gasteiger partial charge in [0.25, 0.3) is 0 Å². The minimum atomic E-state index is -0.215. The molecule has 0 aliphatic carbocycles. The predicted octanol–water partition coefficient (Wildman–Crippen LogP) is 3.96. The van der Waals surface area contributed by atoms with Crippen LogP contribution < -0.4 is 0 Å². The van der Waals surface area contributed by atoms with Crippen molar-refractivity contribution in [1.29, 1.82) is 0 Å². The Kier molecular flexibility index (Phi) is 3.61. The van der Waals surface area contributed by atoms with Crippen LogP contribution in [0.2, 0.25) is 0 Å². The van der Waals surface area contributed by atoms with Crippen LogP contribution in [0.4, 0.5) is 4.39 Å². The molecular weight excluding hydrogens is 281 g/mol. The zero-order chi connectivity index (χ0) is 13.1. The average molecular weight is 291 g/mol. The van der Waals surface area contributed by atoms with Crippen LogP contribution in [-0.4, -0.2) is 15.2 Å². The highest BCUT2D eigenvalue weighted by atomic mass is 32.2. The molecule has 1 aromatic carbocycles. The van der Waals surface area contributed by atoms with Crippen molar-refractivity contribution < 1.29 is 4.39 Å². The average Bonchev–Trinajstić information content (AvgIpc) is 3.07. The van der Waals surface area contributed by atoms with Crippen LogP contribution in [0, 0.1) is 5.82 Å². The summed E-state index contributed by atoms with van der Waals surface area (Å²) in [7, 11) is 0.